The molecule has 0 saturated carbocycles. The Kier molecular flexibility index (Phi) is 3.65. The van der Waals surface area contributed by atoms with E-state index in [1.165, 1.54) is 22.5 Å². The lowest BCUT2D eigenvalue weighted by molar-refractivity contribution is 0.439. The lowest BCUT2D eigenvalue weighted by Gasteiger charge is -2.16. The fraction of sp³-hybridized carbons (Fsp3) is 0.364. The highest BCUT2D eigenvalue weighted by Gasteiger charge is 2.28. The van der Waals surface area contributed by atoms with Gasteiger partial charge in [-0.05, 0) is 24.1 Å². The molecule has 0 spiro atoms. The van der Waals surface area contributed by atoms with Gasteiger partial charge in [-0.15, -0.1) is 0 Å². The van der Waals surface area contributed by atoms with Gasteiger partial charge in [-0.25, -0.2) is 12.8 Å². The van der Waals surface area contributed by atoms with Gasteiger partial charge in [0.2, 0.25) is 10.0 Å². The molecule has 1 aromatic rings. The highest BCUT2D eigenvalue weighted by atomic mass is 32.2. The maximum atomic E-state index is 13.1. The van der Waals surface area contributed by atoms with Crippen LogP contribution in [-0.4, -0.2) is 30.0 Å². The number of nitrogens with two attached hydrogens (primary N) is 1. The van der Waals surface area contributed by atoms with E-state index in [0.717, 1.165) is 0 Å². The number of benzene rings is 1. The van der Waals surface area contributed by atoms with Crippen LogP contribution in [0.15, 0.2) is 18.2 Å². The second-order valence-corrected chi connectivity index (χ2v) is 6.70. The van der Waals surface area contributed by atoms with E-state index in [1.807, 2.05) is 0 Å². The summed E-state index contributed by atoms with van der Waals surface area (Å²) in [4.78, 5) is 0.0705. The maximum absolute atomic E-state index is 13.1. The summed E-state index contributed by atoms with van der Waals surface area (Å²) in [6.45, 7) is 0.672. The first kappa shape index (κ1) is 13.4. The molecule has 0 unspecified atom stereocenters. The van der Waals surface area contributed by atoms with Crippen LogP contribution in [0.2, 0.25) is 0 Å². The van der Waals surface area contributed by atoms with Gasteiger partial charge >= 0.3 is 0 Å². The van der Waals surface area contributed by atoms with Crippen molar-refractivity contribution < 1.29 is 12.8 Å². The Hall–Kier alpha value is -1.05. The van der Waals surface area contributed by atoms with Crippen molar-refractivity contribution in [1.82, 2.24) is 4.31 Å². The number of sulfonamides is 1. The molecule has 2 N–H and O–H groups in total. The van der Waals surface area contributed by atoms with E-state index in [0.29, 0.717) is 24.1 Å². The highest BCUT2D eigenvalue weighted by Crippen LogP contribution is 2.20. The molecule has 0 radical (unpaired) electrons. The van der Waals surface area contributed by atoms with Gasteiger partial charge in [-0.1, -0.05) is 18.3 Å². The van der Waals surface area contributed by atoms with Crippen molar-refractivity contribution in [1.29, 1.82) is 0 Å². The highest BCUT2D eigenvalue weighted by molar-refractivity contribution is 7.89. The average molecular weight is 288 g/mol. The van der Waals surface area contributed by atoms with Gasteiger partial charge in [0.25, 0.3) is 0 Å². The van der Waals surface area contributed by atoms with Crippen LogP contribution in [0.25, 0.3) is 0 Å². The number of halogens is 1. The van der Waals surface area contributed by atoms with Crippen molar-refractivity contribution in [3.8, 4) is 0 Å². The normalized spacial score (nSPS) is 18.9. The fourth-order valence-corrected chi connectivity index (χ4v) is 3.66. The van der Waals surface area contributed by atoms with Crippen LogP contribution in [0.4, 0.5) is 4.39 Å². The number of thiocarbonyl (C=S) groups is 1. The summed E-state index contributed by atoms with van der Waals surface area (Å²) in [7, 11) is -3.18. The summed E-state index contributed by atoms with van der Waals surface area (Å²) in [6, 6.07) is 4.04. The summed E-state index contributed by atoms with van der Waals surface area (Å²) in [6.07, 6.45) is 0.617. The summed E-state index contributed by atoms with van der Waals surface area (Å²) in [5.41, 5.74) is 6.55. The molecular weight excluding hydrogens is 275 g/mol. The molecular formula is C11H13FN2O2S2. The van der Waals surface area contributed by atoms with Crippen molar-refractivity contribution in [2.75, 3.05) is 12.3 Å². The second kappa shape index (κ2) is 4.91. The zero-order valence-electron chi connectivity index (χ0n) is 9.60. The standard InChI is InChI=1S/C11H13FN2O2S2/c12-9-3-2-8(10(6-9)11(13)17)7-14-4-1-5-18(14,15)16/h2-3,6H,1,4-5,7H2,(H2,13,17). The molecule has 1 aliphatic heterocycles. The number of nitrogens with zero attached hydrogens (tertiary/aromatic N) is 1. The Labute approximate surface area is 111 Å². The number of hydrogen-bond donors (Lipinski definition) is 1. The zero-order valence-corrected chi connectivity index (χ0v) is 11.2. The van der Waals surface area contributed by atoms with E-state index in [1.54, 1.807) is 0 Å². The predicted octanol–water partition coefficient (Wildman–Crippen LogP) is 0.995. The Morgan fingerprint density at radius 3 is 2.78 bits per heavy atom. The number of hydrogen-bond acceptors (Lipinski definition) is 3. The van der Waals surface area contributed by atoms with E-state index in [2.05, 4.69) is 0 Å². The van der Waals surface area contributed by atoms with Gasteiger partial charge in [0, 0.05) is 18.7 Å². The smallest absolute Gasteiger partial charge is 0.214 e. The van der Waals surface area contributed by atoms with E-state index in [9.17, 15) is 12.8 Å². The van der Waals surface area contributed by atoms with Crippen LogP contribution in [0.3, 0.4) is 0 Å². The molecule has 1 saturated heterocycles. The molecule has 1 aromatic carbocycles. The Morgan fingerprint density at radius 1 is 1.50 bits per heavy atom. The van der Waals surface area contributed by atoms with Gasteiger partial charge in [0.05, 0.1) is 5.75 Å². The molecule has 4 nitrogen and oxygen atoms in total. The third-order valence-electron chi connectivity index (χ3n) is 2.89. The minimum absolute atomic E-state index is 0.0705. The number of rotatable bonds is 3. The van der Waals surface area contributed by atoms with Gasteiger partial charge < -0.3 is 5.73 Å². The molecule has 1 fully saturated rings. The Morgan fingerprint density at radius 2 is 2.22 bits per heavy atom. The molecule has 0 aliphatic carbocycles. The van der Waals surface area contributed by atoms with Crippen LogP contribution >= 0.6 is 12.2 Å². The van der Waals surface area contributed by atoms with Crippen LogP contribution in [0, 0.1) is 5.82 Å². The third kappa shape index (κ3) is 2.68. The Bertz CT molecular complexity index is 587. The van der Waals surface area contributed by atoms with Crippen LogP contribution in [0.1, 0.15) is 17.5 Å². The molecule has 0 amide bonds. The quantitative estimate of drug-likeness (QED) is 0.843. The SMILES string of the molecule is NC(=S)c1cc(F)ccc1CN1CCCS1(=O)=O. The summed E-state index contributed by atoms with van der Waals surface area (Å²) < 4.78 is 37.9. The van der Waals surface area contributed by atoms with E-state index in [4.69, 9.17) is 18.0 Å². The molecule has 18 heavy (non-hydrogen) atoms. The lowest BCUT2D eigenvalue weighted by Crippen LogP contribution is -2.26. The predicted molar refractivity (Wildman–Crippen MR) is 71.1 cm³/mol. The van der Waals surface area contributed by atoms with Crippen LogP contribution < -0.4 is 5.73 Å². The van der Waals surface area contributed by atoms with Crippen molar-refractivity contribution in [2.24, 2.45) is 5.73 Å². The first-order chi connectivity index (χ1) is 8.40. The third-order valence-corrected chi connectivity index (χ3v) is 5.01. The average Bonchev–Trinajstić information content (AvgIpc) is 2.60. The molecule has 98 valence electrons. The van der Waals surface area contributed by atoms with Crippen LogP contribution in [-0.2, 0) is 16.6 Å². The molecule has 1 heterocycles. The van der Waals surface area contributed by atoms with Gasteiger partial charge in [0.15, 0.2) is 0 Å². The largest absolute Gasteiger partial charge is 0.389 e. The van der Waals surface area contributed by atoms with Crippen molar-refractivity contribution in [2.45, 2.75) is 13.0 Å². The van der Waals surface area contributed by atoms with E-state index in [-0.39, 0.29) is 17.3 Å². The molecule has 2 rings (SSSR count). The molecule has 0 atom stereocenters. The summed E-state index contributed by atoms with van der Waals surface area (Å²) >= 11 is 4.85. The first-order valence-electron chi connectivity index (χ1n) is 5.46. The molecule has 7 heteroatoms. The van der Waals surface area contributed by atoms with E-state index >= 15 is 0 Å². The monoisotopic (exact) mass is 288 g/mol. The van der Waals surface area contributed by atoms with Crippen molar-refractivity contribution in [3.05, 3.63) is 35.1 Å². The second-order valence-electron chi connectivity index (χ2n) is 4.17. The maximum Gasteiger partial charge on any atom is 0.214 e. The molecule has 0 bridgehead atoms. The topological polar surface area (TPSA) is 63.4 Å². The summed E-state index contributed by atoms with van der Waals surface area (Å²) in [5.74, 6) is -0.276. The summed E-state index contributed by atoms with van der Waals surface area (Å²) in [5, 5.41) is 0. The fourth-order valence-electron chi connectivity index (χ4n) is 1.97. The van der Waals surface area contributed by atoms with Crippen molar-refractivity contribution >= 4 is 27.2 Å². The minimum Gasteiger partial charge on any atom is -0.389 e. The minimum atomic E-state index is -3.18. The van der Waals surface area contributed by atoms with Gasteiger partial charge in [0.1, 0.15) is 10.8 Å². The van der Waals surface area contributed by atoms with Crippen molar-refractivity contribution in [3.63, 3.8) is 0 Å². The van der Waals surface area contributed by atoms with Gasteiger partial charge in [-0.2, -0.15) is 4.31 Å². The van der Waals surface area contributed by atoms with E-state index < -0.39 is 15.8 Å². The zero-order chi connectivity index (χ0) is 13.3. The van der Waals surface area contributed by atoms with Gasteiger partial charge in [-0.3, -0.25) is 0 Å². The Balaban J connectivity index is 2.32. The molecule has 1 aliphatic rings. The van der Waals surface area contributed by atoms with Crippen LogP contribution in [0.5, 0.6) is 0 Å². The lowest BCUT2D eigenvalue weighted by atomic mass is 10.1. The molecule has 0 aromatic heterocycles. The first-order valence-corrected chi connectivity index (χ1v) is 7.48.